The van der Waals surface area contributed by atoms with Crippen LogP contribution in [0.5, 0.6) is 5.75 Å². The molecule has 0 spiro atoms. The number of amides is 1. The summed E-state index contributed by atoms with van der Waals surface area (Å²) in [5.41, 5.74) is 1.09. The number of aromatic nitrogens is 1. The summed E-state index contributed by atoms with van der Waals surface area (Å²) in [6.45, 7) is 1.66. The Morgan fingerprint density at radius 2 is 2.17 bits per heavy atom. The molecule has 7 heteroatoms. The van der Waals surface area contributed by atoms with Crippen LogP contribution in [0, 0.1) is 6.92 Å². The summed E-state index contributed by atoms with van der Waals surface area (Å²) in [4.78, 5) is 12.6. The van der Waals surface area contributed by atoms with Gasteiger partial charge in [0.15, 0.2) is 11.5 Å². The summed E-state index contributed by atoms with van der Waals surface area (Å²) >= 11 is 5.97. The molecule has 23 heavy (non-hydrogen) atoms. The largest absolute Gasteiger partial charge is 0.495 e. The average Bonchev–Trinajstić information content (AvgIpc) is 3.16. The summed E-state index contributed by atoms with van der Waals surface area (Å²) < 4.78 is 15.6. The number of hydrogen-bond acceptors (Lipinski definition) is 5. The Bertz CT molecular complexity index is 840. The Labute approximate surface area is 137 Å². The summed E-state index contributed by atoms with van der Waals surface area (Å²) in [5, 5.41) is 7.13. The van der Waals surface area contributed by atoms with Crippen molar-refractivity contribution in [2.45, 2.75) is 6.92 Å². The Balaban J connectivity index is 1.96. The van der Waals surface area contributed by atoms with Gasteiger partial charge in [-0.3, -0.25) is 4.79 Å². The normalized spacial score (nSPS) is 10.6. The minimum Gasteiger partial charge on any atom is -0.495 e. The quantitative estimate of drug-likeness (QED) is 0.776. The SMILES string of the molecule is COc1ccc(Cl)cc1NC(=O)c1c(-c2ccco2)noc1C. The van der Waals surface area contributed by atoms with E-state index in [4.69, 9.17) is 25.3 Å². The van der Waals surface area contributed by atoms with Crippen LogP contribution in [0.25, 0.3) is 11.5 Å². The molecule has 2 heterocycles. The molecule has 3 aromatic rings. The van der Waals surface area contributed by atoms with Gasteiger partial charge >= 0.3 is 0 Å². The Morgan fingerprint density at radius 3 is 2.87 bits per heavy atom. The second-order valence-corrected chi connectivity index (χ2v) is 5.17. The molecule has 0 atom stereocenters. The van der Waals surface area contributed by atoms with Crippen LogP contribution in [0.4, 0.5) is 5.69 Å². The number of carbonyl (C=O) groups is 1. The van der Waals surface area contributed by atoms with Crippen molar-refractivity contribution < 1.29 is 18.5 Å². The highest BCUT2D eigenvalue weighted by molar-refractivity contribution is 6.31. The van der Waals surface area contributed by atoms with E-state index in [0.717, 1.165) is 0 Å². The number of methoxy groups -OCH3 is 1. The minimum atomic E-state index is -0.393. The molecule has 118 valence electrons. The first-order chi connectivity index (χ1) is 11.1. The van der Waals surface area contributed by atoms with Crippen molar-refractivity contribution in [2.75, 3.05) is 12.4 Å². The van der Waals surface area contributed by atoms with E-state index < -0.39 is 5.91 Å². The molecule has 3 rings (SSSR count). The lowest BCUT2D eigenvalue weighted by Crippen LogP contribution is -2.14. The lowest BCUT2D eigenvalue weighted by Gasteiger charge is -2.10. The number of rotatable bonds is 4. The van der Waals surface area contributed by atoms with Gasteiger partial charge in [-0.1, -0.05) is 16.8 Å². The standard InChI is InChI=1S/C16H13ClN2O4/c1-9-14(15(19-23-9)13-4-3-7-22-13)16(20)18-11-8-10(17)5-6-12(11)21-2/h3-8H,1-2H3,(H,18,20). The van der Waals surface area contributed by atoms with Crippen LogP contribution in [0.15, 0.2) is 45.5 Å². The third kappa shape index (κ3) is 2.93. The van der Waals surface area contributed by atoms with Crippen molar-refractivity contribution in [1.29, 1.82) is 0 Å². The van der Waals surface area contributed by atoms with Gasteiger partial charge < -0.3 is 19.0 Å². The third-order valence-corrected chi connectivity index (χ3v) is 3.49. The predicted octanol–water partition coefficient (Wildman–Crippen LogP) is 4.16. The molecule has 0 aliphatic carbocycles. The summed E-state index contributed by atoms with van der Waals surface area (Å²) in [5.74, 6) is 0.937. The molecule has 0 radical (unpaired) electrons. The highest BCUT2D eigenvalue weighted by atomic mass is 35.5. The molecule has 2 aromatic heterocycles. The second kappa shape index (κ2) is 6.18. The lowest BCUT2D eigenvalue weighted by atomic mass is 10.1. The fourth-order valence-electron chi connectivity index (χ4n) is 2.18. The molecule has 1 aromatic carbocycles. The minimum absolute atomic E-state index is 0.293. The number of aryl methyl sites for hydroxylation is 1. The van der Waals surface area contributed by atoms with Crippen LogP contribution in [-0.2, 0) is 0 Å². The molecule has 1 amide bonds. The van der Waals surface area contributed by atoms with Gasteiger partial charge in [0.2, 0.25) is 0 Å². The molecular weight excluding hydrogens is 320 g/mol. The zero-order valence-electron chi connectivity index (χ0n) is 12.4. The van der Waals surface area contributed by atoms with Gasteiger partial charge in [0.25, 0.3) is 5.91 Å². The number of halogens is 1. The van der Waals surface area contributed by atoms with E-state index in [-0.39, 0.29) is 0 Å². The number of carbonyl (C=O) groups excluding carboxylic acids is 1. The fraction of sp³-hybridized carbons (Fsp3) is 0.125. The first kappa shape index (κ1) is 15.2. The van der Waals surface area contributed by atoms with Crippen LogP contribution < -0.4 is 10.1 Å². The molecule has 0 aliphatic heterocycles. The summed E-state index contributed by atoms with van der Waals surface area (Å²) in [6, 6.07) is 8.36. The highest BCUT2D eigenvalue weighted by Crippen LogP contribution is 2.30. The number of anilines is 1. The molecule has 0 fully saturated rings. The van der Waals surface area contributed by atoms with Crippen molar-refractivity contribution >= 4 is 23.2 Å². The monoisotopic (exact) mass is 332 g/mol. The maximum Gasteiger partial charge on any atom is 0.261 e. The van der Waals surface area contributed by atoms with E-state index in [9.17, 15) is 4.79 Å². The van der Waals surface area contributed by atoms with Crippen LogP contribution in [-0.4, -0.2) is 18.2 Å². The molecule has 0 saturated heterocycles. The van der Waals surface area contributed by atoms with Crippen molar-refractivity contribution in [3.05, 3.63) is 52.9 Å². The first-order valence-electron chi connectivity index (χ1n) is 6.75. The maximum atomic E-state index is 12.6. The number of furan rings is 1. The zero-order valence-corrected chi connectivity index (χ0v) is 13.2. The molecular formula is C16H13ClN2O4. The van der Waals surface area contributed by atoms with Crippen LogP contribution >= 0.6 is 11.6 Å². The van der Waals surface area contributed by atoms with Gasteiger partial charge in [-0.2, -0.15) is 0 Å². The van der Waals surface area contributed by atoms with Gasteiger partial charge in [0.1, 0.15) is 17.1 Å². The first-order valence-corrected chi connectivity index (χ1v) is 7.13. The average molecular weight is 333 g/mol. The van der Waals surface area contributed by atoms with Gasteiger partial charge in [-0.25, -0.2) is 0 Å². The number of ether oxygens (including phenoxy) is 1. The summed E-state index contributed by atoms with van der Waals surface area (Å²) in [7, 11) is 1.51. The van der Waals surface area contributed by atoms with Crippen LogP contribution in [0.1, 0.15) is 16.1 Å². The van der Waals surface area contributed by atoms with E-state index in [1.54, 1.807) is 37.3 Å². The van der Waals surface area contributed by atoms with E-state index in [2.05, 4.69) is 10.5 Å². The Hall–Kier alpha value is -2.73. The second-order valence-electron chi connectivity index (χ2n) is 4.74. The molecule has 0 bridgehead atoms. The molecule has 0 saturated carbocycles. The van der Waals surface area contributed by atoms with Crippen molar-refractivity contribution in [1.82, 2.24) is 5.16 Å². The van der Waals surface area contributed by atoms with Gasteiger partial charge in [-0.05, 0) is 37.3 Å². The van der Waals surface area contributed by atoms with Gasteiger partial charge in [-0.15, -0.1) is 0 Å². The fourth-order valence-corrected chi connectivity index (χ4v) is 2.36. The van der Waals surface area contributed by atoms with Crippen molar-refractivity contribution in [3.63, 3.8) is 0 Å². The topological polar surface area (TPSA) is 77.5 Å². The maximum absolute atomic E-state index is 12.6. The van der Waals surface area contributed by atoms with Crippen LogP contribution in [0.3, 0.4) is 0 Å². The van der Waals surface area contributed by atoms with E-state index >= 15 is 0 Å². The molecule has 1 N–H and O–H groups in total. The number of nitrogens with one attached hydrogen (secondary N) is 1. The predicted molar refractivity (Wildman–Crippen MR) is 84.9 cm³/mol. The smallest absolute Gasteiger partial charge is 0.261 e. The highest BCUT2D eigenvalue weighted by Gasteiger charge is 2.24. The van der Waals surface area contributed by atoms with E-state index in [0.29, 0.717) is 39.2 Å². The third-order valence-electron chi connectivity index (χ3n) is 3.25. The number of hydrogen-bond donors (Lipinski definition) is 1. The van der Waals surface area contributed by atoms with Crippen molar-refractivity contribution in [2.24, 2.45) is 0 Å². The number of benzene rings is 1. The molecule has 0 unspecified atom stereocenters. The van der Waals surface area contributed by atoms with Gasteiger partial charge in [0.05, 0.1) is 19.1 Å². The summed E-state index contributed by atoms with van der Waals surface area (Å²) in [6.07, 6.45) is 1.50. The van der Waals surface area contributed by atoms with Crippen LogP contribution in [0.2, 0.25) is 5.02 Å². The molecule has 0 aliphatic rings. The zero-order chi connectivity index (χ0) is 16.4. The lowest BCUT2D eigenvalue weighted by molar-refractivity contribution is 0.102. The molecule has 6 nitrogen and oxygen atoms in total. The Kier molecular flexibility index (Phi) is 4.08. The van der Waals surface area contributed by atoms with Crippen molar-refractivity contribution in [3.8, 4) is 17.2 Å². The van der Waals surface area contributed by atoms with E-state index in [1.165, 1.54) is 13.4 Å². The number of nitrogens with zero attached hydrogens (tertiary/aromatic N) is 1. The Morgan fingerprint density at radius 1 is 1.35 bits per heavy atom. The van der Waals surface area contributed by atoms with Gasteiger partial charge in [0, 0.05) is 5.02 Å². The van der Waals surface area contributed by atoms with E-state index in [1.807, 2.05) is 0 Å².